The first-order valence-electron chi connectivity index (χ1n) is 5.52. The molecule has 1 aliphatic rings. The number of nitrogens with zero attached hydrogens (tertiary/aromatic N) is 1. The van der Waals surface area contributed by atoms with E-state index < -0.39 is 11.4 Å². The highest BCUT2D eigenvalue weighted by Gasteiger charge is 2.34. The molecule has 0 saturated carbocycles. The predicted molar refractivity (Wildman–Crippen MR) is 58.8 cm³/mol. The quantitative estimate of drug-likeness (QED) is 0.777. The molecule has 1 aliphatic heterocycles. The minimum Gasteiger partial charge on any atom is -0.305 e. The molecule has 0 amide bonds. The standard InChI is InChI=1S/C12H15FN2O/c1-12(4-2-3-5-15-12)11(16)9-6-10(13)8-14-7-9/h6-8,15H,2-5H2,1H3. The smallest absolute Gasteiger partial charge is 0.184 e. The van der Waals surface area contributed by atoms with Gasteiger partial charge in [-0.05, 0) is 38.8 Å². The van der Waals surface area contributed by atoms with Crippen molar-refractivity contribution >= 4 is 5.78 Å². The Morgan fingerprint density at radius 1 is 1.50 bits per heavy atom. The van der Waals surface area contributed by atoms with Gasteiger partial charge in [-0.2, -0.15) is 0 Å². The lowest BCUT2D eigenvalue weighted by Gasteiger charge is -2.33. The molecule has 0 aliphatic carbocycles. The zero-order valence-electron chi connectivity index (χ0n) is 9.29. The molecule has 0 aromatic carbocycles. The second-order valence-corrected chi connectivity index (χ2v) is 4.44. The number of hydrogen-bond donors (Lipinski definition) is 1. The van der Waals surface area contributed by atoms with Crippen LogP contribution < -0.4 is 5.32 Å². The highest BCUT2D eigenvalue weighted by atomic mass is 19.1. The average Bonchev–Trinajstić information content (AvgIpc) is 2.29. The summed E-state index contributed by atoms with van der Waals surface area (Å²) < 4.78 is 13.0. The molecule has 0 spiro atoms. The van der Waals surface area contributed by atoms with E-state index in [0.717, 1.165) is 32.0 Å². The van der Waals surface area contributed by atoms with Crippen LogP contribution in [0.3, 0.4) is 0 Å². The molecule has 1 saturated heterocycles. The molecule has 86 valence electrons. The highest BCUT2D eigenvalue weighted by molar-refractivity contribution is 6.02. The molecule has 0 bridgehead atoms. The number of halogens is 1. The van der Waals surface area contributed by atoms with Gasteiger partial charge in [-0.3, -0.25) is 9.78 Å². The van der Waals surface area contributed by atoms with Crippen LogP contribution in [-0.2, 0) is 0 Å². The predicted octanol–water partition coefficient (Wildman–Crippen LogP) is 1.94. The molecule has 1 N–H and O–H groups in total. The van der Waals surface area contributed by atoms with Crippen LogP contribution in [0.25, 0.3) is 0 Å². The Morgan fingerprint density at radius 3 is 2.94 bits per heavy atom. The first-order valence-corrected chi connectivity index (χ1v) is 5.52. The largest absolute Gasteiger partial charge is 0.305 e. The number of hydrogen-bond acceptors (Lipinski definition) is 3. The van der Waals surface area contributed by atoms with Crippen LogP contribution in [0.4, 0.5) is 4.39 Å². The minimum atomic E-state index is -0.562. The van der Waals surface area contributed by atoms with E-state index in [0.29, 0.717) is 5.56 Å². The topological polar surface area (TPSA) is 42.0 Å². The van der Waals surface area contributed by atoms with E-state index in [4.69, 9.17) is 0 Å². The van der Waals surface area contributed by atoms with Crippen molar-refractivity contribution in [2.45, 2.75) is 31.7 Å². The van der Waals surface area contributed by atoms with Crippen LogP contribution >= 0.6 is 0 Å². The van der Waals surface area contributed by atoms with Crippen molar-refractivity contribution in [3.05, 3.63) is 29.8 Å². The van der Waals surface area contributed by atoms with E-state index in [1.165, 1.54) is 12.3 Å². The number of piperidine rings is 1. The van der Waals surface area contributed by atoms with Gasteiger partial charge in [0.15, 0.2) is 5.78 Å². The molecular weight excluding hydrogens is 207 g/mol. The molecular formula is C12H15FN2O. The van der Waals surface area contributed by atoms with E-state index in [1.54, 1.807) is 0 Å². The second-order valence-electron chi connectivity index (χ2n) is 4.44. The maximum absolute atomic E-state index is 13.0. The van der Waals surface area contributed by atoms with Crippen LogP contribution in [0.5, 0.6) is 0 Å². The maximum atomic E-state index is 13.0. The SMILES string of the molecule is CC1(C(=O)c2cncc(F)c2)CCCCN1. The molecule has 2 heterocycles. The van der Waals surface area contributed by atoms with Crippen LogP contribution in [-0.4, -0.2) is 22.9 Å². The van der Waals surface area contributed by atoms with Gasteiger partial charge in [0.25, 0.3) is 0 Å². The number of carbonyl (C=O) groups is 1. The van der Waals surface area contributed by atoms with Gasteiger partial charge in [0.1, 0.15) is 5.82 Å². The van der Waals surface area contributed by atoms with Crippen LogP contribution in [0.1, 0.15) is 36.5 Å². The Hall–Kier alpha value is -1.29. The summed E-state index contributed by atoms with van der Waals surface area (Å²) in [7, 11) is 0. The van der Waals surface area contributed by atoms with Gasteiger partial charge in [-0.1, -0.05) is 0 Å². The molecule has 4 heteroatoms. The average molecular weight is 222 g/mol. The van der Waals surface area contributed by atoms with Gasteiger partial charge in [-0.15, -0.1) is 0 Å². The number of pyridine rings is 1. The van der Waals surface area contributed by atoms with Crippen molar-refractivity contribution in [1.29, 1.82) is 0 Å². The summed E-state index contributed by atoms with van der Waals surface area (Å²) in [4.78, 5) is 15.9. The van der Waals surface area contributed by atoms with Gasteiger partial charge in [0.05, 0.1) is 11.7 Å². The van der Waals surface area contributed by atoms with Crippen molar-refractivity contribution in [3.8, 4) is 0 Å². The van der Waals surface area contributed by atoms with E-state index in [-0.39, 0.29) is 5.78 Å². The first-order chi connectivity index (χ1) is 7.62. The Bertz CT molecular complexity index is 400. The monoisotopic (exact) mass is 222 g/mol. The first kappa shape index (κ1) is 11.2. The molecule has 2 rings (SSSR count). The third-order valence-electron chi connectivity index (χ3n) is 3.09. The third kappa shape index (κ3) is 2.11. The Kier molecular flexibility index (Phi) is 3.01. The fourth-order valence-electron chi connectivity index (χ4n) is 2.10. The number of carbonyl (C=O) groups excluding carboxylic acids is 1. The minimum absolute atomic E-state index is 0.0702. The summed E-state index contributed by atoms with van der Waals surface area (Å²) in [5.41, 5.74) is -0.217. The fraction of sp³-hybridized carbons (Fsp3) is 0.500. The number of nitrogens with one attached hydrogen (secondary N) is 1. The van der Waals surface area contributed by atoms with Crippen molar-refractivity contribution in [2.75, 3.05) is 6.54 Å². The van der Waals surface area contributed by atoms with Crippen LogP contribution in [0.15, 0.2) is 18.5 Å². The maximum Gasteiger partial charge on any atom is 0.184 e. The third-order valence-corrected chi connectivity index (χ3v) is 3.09. The lowest BCUT2D eigenvalue weighted by Crippen LogP contribution is -2.52. The van der Waals surface area contributed by atoms with Crippen molar-refractivity contribution in [3.63, 3.8) is 0 Å². The normalized spacial score (nSPS) is 25.4. The van der Waals surface area contributed by atoms with Gasteiger partial charge < -0.3 is 5.32 Å². The molecule has 0 radical (unpaired) electrons. The van der Waals surface area contributed by atoms with Gasteiger partial charge in [-0.25, -0.2) is 4.39 Å². The zero-order valence-corrected chi connectivity index (χ0v) is 9.29. The number of aromatic nitrogens is 1. The van der Waals surface area contributed by atoms with Gasteiger partial charge in [0, 0.05) is 11.8 Å². The summed E-state index contributed by atoms with van der Waals surface area (Å²) in [5, 5.41) is 3.21. The summed E-state index contributed by atoms with van der Waals surface area (Å²) in [5.74, 6) is -0.538. The molecule has 1 aromatic heterocycles. The lowest BCUT2D eigenvalue weighted by molar-refractivity contribution is 0.0834. The Labute approximate surface area is 94.1 Å². The molecule has 1 unspecified atom stereocenters. The van der Waals surface area contributed by atoms with Crippen LogP contribution in [0.2, 0.25) is 0 Å². The molecule has 3 nitrogen and oxygen atoms in total. The fourth-order valence-corrected chi connectivity index (χ4v) is 2.10. The van der Waals surface area contributed by atoms with Crippen molar-refractivity contribution in [1.82, 2.24) is 10.3 Å². The van der Waals surface area contributed by atoms with E-state index in [2.05, 4.69) is 10.3 Å². The Morgan fingerprint density at radius 2 is 2.31 bits per heavy atom. The highest BCUT2D eigenvalue weighted by Crippen LogP contribution is 2.23. The van der Waals surface area contributed by atoms with E-state index in [9.17, 15) is 9.18 Å². The number of ketones is 1. The number of Topliss-reactive ketones (excluding diaryl/α,β-unsaturated/α-hetero) is 1. The zero-order chi connectivity index (χ0) is 11.6. The van der Waals surface area contributed by atoms with Crippen molar-refractivity contribution < 1.29 is 9.18 Å². The summed E-state index contributed by atoms with van der Waals surface area (Å²) in [6, 6.07) is 1.25. The summed E-state index contributed by atoms with van der Waals surface area (Å²) >= 11 is 0. The summed E-state index contributed by atoms with van der Waals surface area (Å²) in [6.07, 6.45) is 5.44. The van der Waals surface area contributed by atoms with Gasteiger partial charge >= 0.3 is 0 Å². The lowest BCUT2D eigenvalue weighted by atomic mass is 9.84. The molecule has 1 aromatic rings. The second kappa shape index (κ2) is 4.29. The number of rotatable bonds is 2. The Balaban J connectivity index is 2.24. The summed E-state index contributed by atoms with van der Waals surface area (Å²) in [6.45, 7) is 2.71. The van der Waals surface area contributed by atoms with Crippen LogP contribution in [0, 0.1) is 5.82 Å². The molecule has 1 atom stereocenters. The molecule has 1 fully saturated rings. The van der Waals surface area contributed by atoms with E-state index in [1.807, 2.05) is 6.92 Å². The van der Waals surface area contributed by atoms with Crippen molar-refractivity contribution in [2.24, 2.45) is 0 Å². The van der Waals surface area contributed by atoms with E-state index >= 15 is 0 Å². The molecule has 16 heavy (non-hydrogen) atoms. The van der Waals surface area contributed by atoms with Gasteiger partial charge in [0.2, 0.25) is 0 Å².